The van der Waals surface area contributed by atoms with Crippen LogP contribution in [0.2, 0.25) is 0 Å². The first-order chi connectivity index (χ1) is 24.1. The van der Waals surface area contributed by atoms with Crippen molar-refractivity contribution in [3.8, 4) is 17.2 Å². The average Bonchev–Trinajstić information content (AvgIpc) is 3.58. The third kappa shape index (κ3) is 10.1. The summed E-state index contributed by atoms with van der Waals surface area (Å²) >= 11 is 0. The maximum absolute atomic E-state index is 6.65. The van der Waals surface area contributed by atoms with E-state index >= 15 is 0 Å². The molecule has 3 nitrogen and oxygen atoms in total. The van der Waals surface area contributed by atoms with Crippen LogP contribution < -0.4 is 4.74 Å². The first-order valence-corrected chi connectivity index (χ1v) is 19.4. The van der Waals surface area contributed by atoms with E-state index in [2.05, 4.69) is 75.5 Å². The van der Waals surface area contributed by atoms with Crippen LogP contribution >= 0.6 is 0 Å². The maximum Gasteiger partial charge on any atom is 0.227 e. The minimum atomic E-state index is 0.140. The molecule has 0 atom stereocenters. The van der Waals surface area contributed by atoms with Crippen molar-refractivity contribution in [2.24, 2.45) is 0 Å². The predicted molar refractivity (Wildman–Crippen MR) is 212 cm³/mol. The van der Waals surface area contributed by atoms with Crippen LogP contribution in [-0.4, -0.2) is 11.1 Å². The first-order valence-electron chi connectivity index (χ1n) is 19.4. The van der Waals surface area contributed by atoms with E-state index in [0.717, 1.165) is 66.3 Å². The van der Waals surface area contributed by atoms with Gasteiger partial charge in [-0.05, 0) is 97.5 Å². The van der Waals surface area contributed by atoms with E-state index in [1.54, 1.807) is 0 Å². The first kappa shape index (κ1) is 36.4. The Labute approximate surface area is 295 Å². The lowest BCUT2D eigenvalue weighted by Gasteiger charge is -2.18. The van der Waals surface area contributed by atoms with Crippen molar-refractivity contribution in [3.63, 3.8) is 0 Å². The Kier molecular flexibility index (Phi) is 14.4. The highest BCUT2D eigenvalue weighted by molar-refractivity contribution is 6.23. The molecular formula is C46H59NO2. The summed E-state index contributed by atoms with van der Waals surface area (Å²) < 4.78 is 13.0. The number of oxazole rings is 1. The van der Waals surface area contributed by atoms with Gasteiger partial charge in [-0.25, -0.2) is 4.98 Å². The summed E-state index contributed by atoms with van der Waals surface area (Å²) in [6.45, 7) is 12.3. The molecule has 5 rings (SSSR count). The number of nitrogens with zero attached hydrogens (tertiary/aromatic N) is 1. The van der Waals surface area contributed by atoms with Crippen LogP contribution in [0.5, 0.6) is 5.75 Å². The quantitative estimate of drug-likeness (QED) is 0.0398. The van der Waals surface area contributed by atoms with E-state index in [-0.39, 0.29) is 6.10 Å². The number of hydrogen-bond acceptors (Lipinski definition) is 3. The van der Waals surface area contributed by atoms with Crippen molar-refractivity contribution in [2.75, 3.05) is 0 Å². The van der Waals surface area contributed by atoms with Gasteiger partial charge in [-0.15, -0.1) is 13.2 Å². The van der Waals surface area contributed by atoms with Gasteiger partial charge in [0.1, 0.15) is 11.3 Å². The van der Waals surface area contributed by atoms with Crippen LogP contribution in [-0.2, 0) is 12.8 Å². The number of ether oxygens (including phenoxy) is 1. The Morgan fingerprint density at radius 2 is 1.16 bits per heavy atom. The number of rotatable bonds is 23. The standard InChI is InChI=1S/C46H59NO2/c1-5-9-13-15-17-19-21-35-25-31-40-42(33-35)43-34-36(22-20-18-16-14-10-6-2)26-32-41(43)45-44(40)47-46(49-45)37-27-29-39(30-28-37)48-38(23-11-7-3)24-12-8-4/h7-8,25-34,38H,3-6,9-24H2,1-2H3. The molecule has 3 heteroatoms. The Morgan fingerprint density at radius 1 is 0.633 bits per heavy atom. The molecule has 0 aliphatic carbocycles. The van der Waals surface area contributed by atoms with Crippen molar-refractivity contribution in [3.05, 3.63) is 97.1 Å². The normalized spacial score (nSPS) is 11.7. The molecule has 0 spiro atoms. The minimum Gasteiger partial charge on any atom is -0.490 e. The van der Waals surface area contributed by atoms with Gasteiger partial charge in [-0.3, -0.25) is 0 Å². The van der Waals surface area contributed by atoms with Gasteiger partial charge in [0, 0.05) is 16.3 Å². The SMILES string of the molecule is C=CCCC(CCC=C)Oc1ccc(-c2nc3c4ccc(CCCCCCCC)cc4c4cc(CCCCCCCC)ccc4c3o2)cc1. The zero-order valence-electron chi connectivity index (χ0n) is 30.4. The maximum atomic E-state index is 6.65. The molecule has 1 heterocycles. The fourth-order valence-corrected chi connectivity index (χ4v) is 7.11. The van der Waals surface area contributed by atoms with Gasteiger partial charge in [0.25, 0.3) is 0 Å². The van der Waals surface area contributed by atoms with Gasteiger partial charge in [-0.1, -0.05) is 127 Å². The Hall–Kier alpha value is -3.85. The van der Waals surface area contributed by atoms with E-state index in [9.17, 15) is 0 Å². The highest BCUT2D eigenvalue weighted by Crippen LogP contribution is 2.39. The molecule has 1 aromatic heterocycles. The number of benzene rings is 4. The summed E-state index contributed by atoms with van der Waals surface area (Å²) in [6.07, 6.45) is 25.9. The number of allylic oxidation sites excluding steroid dienone is 2. The van der Waals surface area contributed by atoms with Crippen LogP contribution in [0.4, 0.5) is 0 Å². The van der Waals surface area contributed by atoms with Crippen LogP contribution in [0.25, 0.3) is 44.1 Å². The van der Waals surface area contributed by atoms with Crippen LogP contribution in [0.1, 0.15) is 128 Å². The largest absolute Gasteiger partial charge is 0.490 e. The lowest BCUT2D eigenvalue weighted by atomic mass is 9.94. The summed E-state index contributed by atoms with van der Waals surface area (Å²) in [6, 6.07) is 22.3. The smallest absolute Gasteiger partial charge is 0.227 e. The zero-order valence-corrected chi connectivity index (χ0v) is 30.4. The van der Waals surface area contributed by atoms with Gasteiger partial charge in [-0.2, -0.15) is 0 Å². The second-order valence-corrected chi connectivity index (χ2v) is 14.0. The molecule has 0 saturated carbocycles. The van der Waals surface area contributed by atoms with Crippen molar-refractivity contribution in [1.29, 1.82) is 0 Å². The molecule has 49 heavy (non-hydrogen) atoms. The molecule has 4 aromatic carbocycles. The number of aromatic nitrogens is 1. The number of fused-ring (bicyclic) bond motifs is 6. The average molecular weight is 658 g/mol. The summed E-state index contributed by atoms with van der Waals surface area (Å²) in [5, 5.41) is 4.90. The van der Waals surface area contributed by atoms with E-state index in [4.69, 9.17) is 14.1 Å². The molecule has 0 fully saturated rings. The third-order valence-corrected chi connectivity index (χ3v) is 10.0. The monoisotopic (exact) mass is 657 g/mol. The Morgan fingerprint density at radius 3 is 1.73 bits per heavy atom. The third-order valence-electron chi connectivity index (χ3n) is 10.0. The number of unbranched alkanes of at least 4 members (excludes halogenated alkanes) is 10. The molecule has 0 N–H and O–H groups in total. The van der Waals surface area contributed by atoms with Crippen LogP contribution in [0, 0.1) is 0 Å². The molecule has 0 bridgehead atoms. The molecule has 0 unspecified atom stereocenters. The highest BCUT2D eigenvalue weighted by atomic mass is 16.5. The summed E-state index contributed by atoms with van der Waals surface area (Å²) in [4.78, 5) is 5.14. The summed E-state index contributed by atoms with van der Waals surface area (Å²) in [7, 11) is 0. The van der Waals surface area contributed by atoms with Gasteiger partial charge in [0.05, 0.1) is 6.10 Å². The molecule has 0 radical (unpaired) electrons. The van der Waals surface area contributed by atoms with E-state index in [1.807, 2.05) is 24.3 Å². The molecule has 0 saturated heterocycles. The van der Waals surface area contributed by atoms with Gasteiger partial charge < -0.3 is 9.15 Å². The fourth-order valence-electron chi connectivity index (χ4n) is 7.11. The van der Waals surface area contributed by atoms with Crippen molar-refractivity contribution in [2.45, 2.75) is 136 Å². The van der Waals surface area contributed by atoms with Crippen molar-refractivity contribution >= 4 is 32.6 Å². The summed E-state index contributed by atoms with van der Waals surface area (Å²) in [5.74, 6) is 1.52. The summed E-state index contributed by atoms with van der Waals surface area (Å²) in [5.41, 5.74) is 5.62. The Balaban J connectivity index is 1.44. The molecule has 5 aromatic rings. The van der Waals surface area contributed by atoms with Gasteiger partial charge >= 0.3 is 0 Å². The number of aryl methyl sites for hydroxylation is 2. The molecule has 0 amide bonds. The zero-order chi connectivity index (χ0) is 34.3. The molecule has 260 valence electrons. The van der Waals surface area contributed by atoms with Gasteiger partial charge in [0.15, 0.2) is 5.58 Å². The lowest BCUT2D eigenvalue weighted by Crippen LogP contribution is -2.16. The van der Waals surface area contributed by atoms with Crippen LogP contribution in [0.15, 0.2) is 90.4 Å². The second kappa shape index (κ2) is 19.4. The lowest BCUT2D eigenvalue weighted by molar-refractivity contribution is 0.183. The van der Waals surface area contributed by atoms with Crippen LogP contribution in [0.3, 0.4) is 0 Å². The van der Waals surface area contributed by atoms with E-state index in [0.29, 0.717) is 5.89 Å². The highest BCUT2D eigenvalue weighted by Gasteiger charge is 2.18. The molecular weight excluding hydrogens is 599 g/mol. The second-order valence-electron chi connectivity index (χ2n) is 14.0. The van der Waals surface area contributed by atoms with Crippen molar-refractivity contribution in [1.82, 2.24) is 4.98 Å². The van der Waals surface area contributed by atoms with E-state index < -0.39 is 0 Å². The van der Waals surface area contributed by atoms with Crippen molar-refractivity contribution < 1.29 is 9.15 Å². The molecule has 0 aliphatic heterocycles. The topological polar surface area (TPSA) is 35.3 Å². The minimum absolute atomic E-state index is 0.140. The fraction of sp³-hybridized carbons (Fsp3) is 0.457. The van der Waals surface area contributed by atoms with Gasteiger partial charge in [0.2, 0.25) is 5.89 Å². The number of hydrogen-bond donors (Lipinski definition) is 0. The molecule has 0 aliphatic rings. The Bertz CT molecular complexity index is 1660. The van der Waals surface area contributed by atoms with E-state index in [1.165, 1.54) is 104 Å². The predicted octanol–water partition coefficient (Wildman–Crippen LogP) is 14.3.